The quantitative estimate of drug-likeness (QED) is 0.523. The molecule has 1 aliphatic carbocycles. The summed E-state index contributed by atoms with van der Waals surface area (Å²) in [4.78, 5) is 0. The van der Waals surface area contributed by atoms with E-state index in [1.165, 1.54) is 0 Å². The summed E-state index contributed by atoms with van der Waals surface area (Å²) in [5, 5.41) is 19.2. The highest BCUT2D eigenvalue weighted by Gasteiger charge is 2.31. The zero-order valence-electron chi connectivity index (χ0n) is 7.22. The van der Waals surface area contributed by atoms with E-state index in [1.54, 1.807) is 0 Å². The summed E-state index contributed by atoms with van der Waals surface area (Å²) in [6.45, 7) is 0. The molecule has 0 amide bonds. The summed E-state index contributed by atoms with van der Waals surface area (Å²) in [6.07, 6.45) is -1.04. The van der Waals surface area contributed by atoms with Crippen LogP contribution >= 0.6 is 0 Å². The standard InChI is InChI=1S/C10H13NO2/c11-8-5-6-3-1-2-4-7(6)9(12)10(8)13/h1-4,8-10,12-13H,5,11H2. The minimum Gasteiger partial charge on any atom is -0.388 e. The zero-order chi connectivity index (χ0) is 9.42. The first-order valence-electron chi connectivity index (χ1n) is 4.39. The highest BCUT2D eigenvalue weighted by Crippen LogP contribution is 2.28. The lowest BCUT2D eigenvalue weighted by atomic mass is 9.84. The third kappa shape index (κ3) is 1.35. The smallest absolute Gasteiger partial charge is 0.107 e. The number of aliphatic hydroxyl groups excluding tert-OH is 2. The van der Waals surface area contributed by atoms with Crippen LogP contribution in [0.1, 0.15) is 17.2 Å². The van der Waals surface area contributed by atoms with Gasteiger partial charge >= 0.3 is 0 Å². The normalized spacial score (nSPS) is 32.7. The van der Waals surface area contributed by atoms with Gasteiger partial charge in [0.2, 0.25) is 0 Å². The van der Waals surface area contributed by atoms with E-state index in [1.807, 2.05) is 24.3 Å². The van der Waals surface area contributed by atoms with Gasteiger partial charge in [0.1, 0.15) is 6.10 Å². The van der Waals surface area contributed by atoms with Crippen molar-refractivity contribution >= 4 is 0 Å². The van der Waals surface area contributed by atoms with Crippen LogP contribution in [0.3, 0.4) is 0 Å². The van der Waals surface area contributed by atoms with E-state index >= 15 is 0 Å². The molecule has 0 aliphatic heterocycles. The van der Waals surface area contributed by atoms with Gasteiger partial charge in [-0.1, -0.05) is 24.3 Å². The number of hydrogen-bond acceptors (Lipinski definition) is 3. The lowest BCUT2D eigenvalue weighted by Crippen LogP contribution is -2.44. The molecule has 0 saturated carbocycles. The van der Waals surface area contributed by atoms with E-state index < -0.39 is 12.2 Å². The van der Waals surface area contributed by atoms with Crippen molar-refractivity contribution in [3.8, 4) is 0 Å². The number of hydrogen-bond donors (Lipinski definition) is 3. The van der Waals surface area contributed by atoms with Gasteiger partial charge < -0.3 is 15.9 Å². The Kier molecular flexibility index (Phi) is 2.07. The Hall–Kier alpha value is -0.900. The number of fused-ring (bicyclic) bond motifs is 1. The Bertz CT molecular complexity index is 314. The minimum atomic E-state index is -0.838. The molecule has 3 atom stereocenters. The Morgan fingerprint density at radius 3 is 2.69 bits per heavy atom. The molecule has 0 bridgehead atoms. The molecule has 0 saturated heterocycles. The summed E-state index contributed by atoms with van der Waals surface area (Å²) in [7, 11) is 0. The summed E-state index contributed by atoms with van der Waals surface area (Å²) in [6, 6.07) is 7.17. The van der Waals surface area contributed by atoms with Crippen LogP contribution in [0, 0.1) is 0 Å². The van der Waals surface area contributed by atoms with Crippen molar-refractivity contribution < 1.29 is 10.2 Å². The lowest BCUT2D eigenvalue weighted by molar-refractivity contribution is -0.00486. The van der Waals surface area contributed by atoms with E-state index in [-0.39, 0.29) is 6.04 Å². The Balaban J connectivity index is 2.43. The van der Waals surface area contributed by atoms with Crippen LogP contribution in [0.25, 0.3) is 0 Å². The van der Waals surface area contributed by atoms with Gasteiger partial charge in [-0.3, -0.25) is 0 Å². The van der Waals surface area contributed by atoms with Crippen molar-refractivity contribution in [3.05, 3.63) is 35.4 Å². The maximum atomic E-state index is 9.67. The fourth-order valence-corrected chi connectivity index (χ4v) is 1.80. The monoisotopic (exact) mass is 179 g/mol. The van der Waals surface area contributed by atoms with Crippen LogP contribution in [-0.2, 0) is 6.42 Å². The van der Waals surface area contributed by atoms with Crippen LogP contribution in [0.2, 0.25) is 0 Å². The Morgan fingerprint density at radius 2 is 1.92 bits per heavy atom. The third-order valence-corrected chi connectivity index (χ3v) is 2.59. The molecule has 0 radical (unpaired) electrons. The van der Waals surface area contributed by atoms with Crippen molar-refractivity contribution in [1.29, 1.82) is 0 Å². The van der Waals surface area contributed by atoms with Gasteiger partial charge in [0.25, 0.3) is 0 Å². The van der Waals surface area contributed by atoms with Crippen LogP contribution in [-0.4, -0.2) is 22.4 Å². The fourth-order valence-electron chi connectivity index (χ4n) is 1.80. The van der Waals surface area contributed by atoms with E-state index in [0.717, 1.165) is 11.1 Å². The molecule has 1 aliphatic rings. The predicted molar refractivity (Wildman–Crippen MR) is 49.1 cm³/mol. The molecule has 0 fully saturated rings. The van der Waals surface area contributed by atoms with Gasteiger partial charge in [-0.15, -0.1) is 0 Å². The SMILES string of the molecule is NC1Cc2ccccc2C(O)C1O. The van der Waals surface area contributed by atoms with Crippen molar-refractivity contribution in [3.63, 3.8) is 0 Å². The second-order valence-electron chi connectivity index (χ2n) is 3.50. The van der Waals surface area contributed by atoms with Gasteiger partial charge in [0.05, 0.1) is 6.10 Å². The molecule has 2 rings (SSSR count). The average molecular weight is 179 g/mol. The highest BCUT2D eigenvalue weighted by molar-refractivity contribution is 5.33. The summed E-state index contributed by atoms with van der Waals surface area (Å²) < 4.78 is 0. The molecular formula is C10H13NO2. The topological polar surface area (TPSA) is 66.5 Å². The van der Waals surface area contributed by atoms with Gasteiger partial charge in [0, 0.05) is 6.04 Å². The molecular weight excluding hydrogens is 166 g/mol. The Labute approximate surface area is 76.8 Å². The van der Waals surface area contributed by atoms with Crippen molar-refractivity contribution in [1.82, 2.24) is 0 Å². The van der Waals surface area contributed by atoms with Crippen LogP contribution in [0.4, 0.5) is 0 Å². The molecule has 3 nitrogen and oxygen atoms in total. The molecule has 0 aromatic heterocycles. The van der Waals surface area contributed by atoms with Gasteiger partial charge in [-0.25, -0.2) is 0 Å². The van der Waals surface area contributed by atoms with Crippen molar-refractivity contribution in [2.45, 2.75) is 24.7 Å². The lowest BCUT2D eigenvalue weighted by Gasteiger charge is -2.31. The summed E-state index contributed by atoms with van der Waals surface area (Å²) >= 11 is 0. The molecule has 0 heterocycles. The maximum Gasteiger partial charge on any atom is 0.107 e. The molecule has 70 valence electrons. The second-order valence-corrected chi connectivity index (χ2v) is 3.50. The third-order valence-electron chi connectivity index (χ3n) is 2.59. The van der Waals surface area contributed by atoms with Gasteiger partial charge in [-0.05, 0) is 17.5 Å². The maximum absolute atomic E-state index is 9.67. The number of nitrogens with two attached hydrogens (primary N) is 1. The second kappa shape index (κ2) is 3.10. The molecule has 1 aromatic rings. The molecule has 4 N–H and O–H groups in total. The minimum absolute atomic E-state index is 0.357. The molecule has 3 heteroatoms. The van der Waals surface area contributed by atoms with Gasteiger partial charge in [0.15, 0.2) is 0 Å². The molecule has 1 aromatic carbocycles. The first-order valence-corrected chi connectivity index (χ1v) is 4.39. The molecule has 0 spiro atoms. The first-order chi connectivity index (χ1) is 6.20. The van der Waals surface area contributed by atoms with Crippen LogP contribution in [0.15, 0.2) is 24.3 Å². The number of benzene rings is 1. The van der Waals surface area contributed by atoms with Gasteiger partial charge in [-0.2, -0.15) is 0 Å². The largest absolute Gasteiger partial charge is 0.388 e. The number of rotatable bonds is 0. The van der Waals surface area contributed by atoms with E-state index in [2.05, 4.69) is 0 Å². The van der Waals surface area contributed by atoms with Crippen LogP contribution < -0.4 is 5.73 Å². The van der Waals surface area contributed by atoms with E-state index in [9.17, 15) is 10.2 Å². The average Bonchev–Trinajstić information content (AvgIpc) is 2.15. The molecule has 3 unspecified atom stereocenters. The molecule has 13 heavy (non-hydrogen) atoms. The zero-order valence-corrected chi connectivity index (χ0v) is 7.22. The van der Waals surface area contributed by atoms with Crippen molar-refractivity contribution in [2.24, 2.45) is 5.73 Å². The van der Waals surface area contributed by atoms with Crippen molar-refractivity contribution in [2.75, 3.05) is 0 Å². The fraction of sp³-hybridized carbons (Fsp3) is 0.400. The number of aliphatic hydroxyl groups is 2. The summed E-state index contributed by atoms with van der Waals surface area (Å²) in [5.74, 6) is 0. The van der Waals surface area contributed by atoms with Crippen LogP contribution in [0.5, 0.6) is 0 Å². The highest BCUT2D eigenvalue weighted by atomic mass is 16.3. The van der Waals surface area contributed by atoms with E-state index in [4.69, 9.17) is 5.73 Å². The first kappa shape index (κ1) is 8.69. The Morgan fingerprint density at radius 1 is 1.23 bits per heavy atom. The van der Waals surface area contributed by atoms with E-state index in [0.29, 0.717) is 6.42 Å². The predicted octanol–water partition coefficient (Wildman–Crippen LogP) is -0.0357. The summed E-state index contributed by atoms with van der Waals surface area (Å²) in [5.41, 5.74) is 7.51.